The van der Waals surface area contributed by atoms with Gasteiger partial charge in [-0.25, -0.2) is 4.79 Å². The van der Waals surface area contributed by atoms with E-state index in [1.807, 2.05) is 73.7 Å². The van der Waals surface area contributed by atoms with E-state index in [1.54, 1.807) is 31.2 Å². The Kier molecular flexibility index (Phi) is 5.90. The molecular formula is C29H25N3O4. The number of fused-ring (bicyclic) bond motifs is 1. The van der Waals surface area contributed by atoms with Gasteiger partial charge in [0.05, 0.1) is 0 Å². The first-order valence-electron chi connectivity index (χ1n) is 11.6. The number of imide groups is 1. The van der Waals surface area contributed by atoms with Gasteiger partial charge in [0.2, 0.25) is 5.91 Å². The Morgan fingerprint density at radius 2 is 1.64 bits per heavy atom. The zero-order valence-electron chi connectivity index (χ0n) is 19.9. The van der Waals surface area contributed by atoms with Gasteiger partial charge in [0.25, 0.3) is 5.91 Å². The summed E-state index contributed by atoms with van der Waals surface area (Å²) >= 11 is 0. The van der Waals surface area contributed by atoms with Gasteiger partial charge < -0.3 is 15.4 Å². The van der Waals surface area contributed by atoms with Crippen molar-refractivity contribution in [3.8, 4) is 11.5 Å². The highest BCUT2D eigenvalue weighted by molar-refractivity contribution is 6.10. The SMILES string of the molecule is Cc1cccc(Oc2ccc(NC(=O)CN3C(=O)NC(C)(c4ccc5ccccc5c4)C3=O)cc2)c1. The molecule has 1 aliphatic rings. The van der Waals surface area contributed by atoms with Crippen LogP contribution in [0.25, 0.3) is 10.8 Å². The van der Waals surface area contributed by atoms with Crippen LogP contribution in [0, 0.1) is 6.92 Å². The quantitative estimate of drug-likeness (QED) is 0.365. The van der Waals surface area contributed by atoms with E-state index >= 15 is 0 Å². The minimum Gasteiger partial charge on any atom is -0.457 e. The Bertz CT molecular complexity index is 1480. The van der Waals surface area contributed by atoms with E-state index in [1.165, 1.54) is 0 Å². The molecule has 0 bridgehead atoms. The normalized spacial score (nSPS) is 17.2. The number of nitrogens with zero attached hydrogens (tertiary/aromatic N) is 1. The summed E-state index contributed by atoms with van der Waals surface area (Å²) in [7, 11) is 0. The van der Waals surface area contributed by atoms with E-state index in [4.69, 9.17) is 4.74 Å². The second-order valence-corrected chi connectivity index (χ2v) is 9.00. The smallest absolute Gasteiger partial charge is 0.325 e. The highest BCUT2D eigenvalue weighted by atomic mass is 16.5. The van der Waals surface area contributed by atoms with Crippen LogP contribution in [0.3, 0.4) is 0 Å². The van der Waals surface area contributed by atoms with Crippen molar-refractivity contribution in [3.63, 3.8) is 0 Å². The zero-order valence-corrected chi connectivity index (χ0v) is 19.9. The monoisotopic (exact) mass is 479 g/mol. The number of aryl methyl sites for hydroxylation is 1. The first-order chi connectivity index (χ1) is 17.3. The number of rotatable bonds is 6. The van der Waals surface area contributed by atoms with Crippen molar-refractivity contribution in [1.82, 2.24) is 10.2 Å². The van der Waals surface area contributed by atoms with Gasteiger partial charge in [0.1, 0.15) is 23.6 Å². The van der Waals surface area contributed by atoms with Crippen LogP contribution in [0.5, 0.6) is 11.5 Å². The molecule has 1 fully saturated rings. The van der Waals surface area contributed by atoms with Crippen LogP contribution in [0.2, 0.25) is 0 Å². The predicted molar refractivity (Wildman–Crippen MR) is 138 cm³/mol. The molecule has 2 N–H and O–H groups in total. The summed E-state index contributed by atoms with van der Waals surface area (Å²) in [6, 6.07) is 27.4. The standard InChI is InChI=1S/C29H25N3O4/c1-19-6-5-9-25(16-19)36-24-14-12-23(13-15-24)30-26(33)18-32-27(34)29(2,31-28(32)35)22-11-10-20-7-3-4-8-21(20)17-22/h3-17H,18H2,1-2H3,(H,30,33)(H,31,35). The summed E-state index contributed by atoms with van der Waals surface area (Å²) in [5.74, 6) is 0.395. The van der Waals surface area contributed by atoms with Crippen LogP contribution >= 0.6 is 0 Å². The molecule has 4 aromatic rings. The van der Waals surface area contributed by atoms with Gasteiger partial charge in [0.15, 0.2) is 0 Å². The fraction of sp³-hybridized carbons (Fsp3) is 0.138. The third kappa shape index (κ3) is 4.51. The number of hydrogen-bond acceptors (Lipinski definition) is 4. The molecule has 4 amide bonds. The average Bonchev–Trinajstić information content (AvgIpc) is 3.08. The molecule has 1 saturated heterocycles. The molecular weight excluding hydrogens is 454 g/mol. The van der Waals surface area contributed by atoms with Crippen molar-refractivity contribution in [1.29, 1.82) is 0 Å². The number of ether oxygens (including phenoxy) is 1. The van der Waals surface area contributed by atoms with Crippen molar-refractivity contribution in [2.75, 3.05) is 11.9 Å². The van der Waals surface area contributed by atoms with Crippen molar-refractivity contribution in [2.24, 2.45) is 0 Å². The first-order valence-corrected chi connectivity index (χ1v) is 11.6. The number of carbonyl (C=O) groups excluding carboxylic acids is 3. The molecule has 1 aliphatic heterocycles. The minimum absolute atomic E-state index is 0.393. The molecule has 0 radical (unpaired) electrons. The zero-order chi connectivity index (χ0) is 25.3. The Morgan fingerprint density at radius 1 is 0.889 bits per heavy atom. The van der Waals surface area contributed by atoms with Crippen molar-refractivity contribution < 1.29 is 19.1 Å². The lowest BCUT2D eigenvalue weighted by Gasteiger charge is -2.22. The highest BCUT2D eigenvalue weighted by Crippen LogP contribution is 2.31. The molecule has 0 aromatic heterocycles. The van der Waals surface area contributed by atoms with Crippen LogP contribution in [-0.2, 0) is 15.1 Å². The van der Waals surface area contributed by atoms with Gasteiger partial charge in [-0.3, -0.25) is 14.5 Å². The molecule has 1 atom stereocenters. The van der Waals surface area contributed by atoms with E-state index in [2.05, 4.69) is 10.6 Å². The van der Waals surface area contributed by atoms with Gasteiger partial charge in [0, 0.05) is 5.69 Å². The molecule has 5 rings (SSSR count). The first kappa shape index (κ1) is 23.1. The predicted octanol–water partition coefficient (Wildman–Crippen LogP) is 5.35. The fourth-order valence-corrected chi connectivity index (χ4v) is 4.30. The molecule has 1 heterocycles. The number of hydrogen-bond donors (Lipinski definition) is 2. The van der Waals surface area contributed by atoms with Crippen LogP contribution in [0.4, 0.5) is 10.5 Å². The van der Waals surface area contributed by atoms with Crippen LogP contribution in [0.1, 0.15) is 18.1 Å². The summed E-state index contributed by atoms with van der Waals surface area (Å²) in [5, 5.41) is 7.49. The topological polar surface area (TPSA) is 87.7 Å². The number of anilines is 1. The lowest BCUT2D eigenvalue weighted by atomic mass is 9.90. The Hall–Kier alpha value is -4.65. The summed E-state index contributed by atoms with van der Waals surface area (Å²) in [6.45, 7) is 3.25. The number of amides is 4. The Labute approximate surface area is 208 Å². The van der Waals surface area contributed by atoms with E-state index in [0.717, 1.165) is 27.0 Å². The molecule has 0 aliphatic carbocycles. The van der Waals surface area contributed by atoms with Crippen molar-refractivity contribution in [3.05, 3.63) is 102 Å². The minimum atomic E-state index is -1.25. The molecule has 0 spiro atoms. The fourth-order valence-electron chi connectivity index (χ4n) is 4.30. The van der Waals surface area contributed by atoms with Gasteiger partial charge in [-0.2, -0.15) is 0 Å². The summed E-state index contributed by atoms with van der Waals surface area (Å²) in [6.07, 6.45) is 0. The lowest BCUT2D eigenvalue weighted by Crippen LogP contribution is -2.42. The summed E-state index contributed by atoms with van der Waals surface area (Å²) in [4.78, 5) is 39.5. The number of urea groups is 1. The van der Waals surface area contributed by atoms with Crippen LogP contribution in [0.15, 0.2) is 91.0 Å². The maximum Gasteiger partial charge on any atom is 0.325 e. The van der Waals surface area contributed by atoms with Crippen molar-refractivity contribution >= 4 is 34.3 Å². The lowest BCUT2D eigenvalue weighted by molar-refractivity contribution is -0.133. The molecule has 4 aromatic carbocycles. The maximum absolute atomic E-state index is 13.3. The van der Waals surface area contributed by atoms with Gasteiger partial charge in [-0.1, -0.05) is 48.5 Å². The molecule has 7 heteroatoms. The second kappa shape index (κ2) is 9.19. The van der Waals surface area contributed by atoms with Crippen LogP contribution < -0.4 is 15.4 Å². The van der Waals surface area contributed by atoms with Gasteiger partial charge >= 0.3 is 6.03 Å². The summed E-state index contributed by atoms with van der Waals surface area (Å²) < 4.78 is 5.83. The Balaban J connectivity index is 1.24. The number of benzene rings is 4. The average molecular weight is 480 g/mol. The molecule has 0 saturated carbocycles. The molecule has 7 nitrogen and oxygen atoms in total. The third-order valence-electron chi connectivity index (χ3n) is 6.27. The third-order valence-corrected chi connectivity index (χ3v) is 6.27. The van der Waals surface area contributed by atoms with Gasteiger partial charge in [-0.05, 0) is 78.2 Å². The van der Waals surface area contributed by atoms with E-state index in [9.17, 15) is 14.4 Å². The maximum atomic E-state index is 13.3. The highest BCUT2D eigenvalue weighted by Gasteiger charge is 2.49. The molecule has 1 unspecified atom stereocenters. The summed E-state index contributed by atoms with van der Waals surface area (Å²) in [5.41, 5.74) is 1.03. The largest absolute Gasteiger partial charge is 0.457 e. The molecule has 36 heavy (non-hydrogen) atoms. The van der Waals surface area contributed by atoms with E-state index < -0.39 is 29.9 Å². The van der Waals surface area contributed by atoms with Crippen LogP contribution in [-0.4, -0.2) is 29.3 Å². The molecule has 180 valence electrons. The Morgan fingerprint density at radius 3 is 2.39 bits per heavy atom. The van der Waals surface area contributed by atoms with E-state index in [0.29, 0.717) is 17.0 Å². The number of carbonyl (C=O) groups is 3. The number of nitrogens with one attached hydrogen (secondary N) is 2. The van der Waals surface area contributed by atoms with Gasteiger partial charge in [-0.15, -0.1) is 0 Å². The van der Waals surface area contributed by atoms with E-state index in [-0.39, 0.29) is 0 Å². The van der Waals surface area contributed by atoms with Crippen molar-refractivity contribution in [2.45, 2.75) is 19.4 Å². The second-order valence-electron chi connectivity index (χ2n) is 9.00.